The summed E-state index contributed by atoms with van der Waals surface area (Å²) in [6, 6.07) is 3.21. The average molecular weight is 153 g/mol. The lowest BCUT2D eigenvalue weighted by Gasteiger charge is -1.79. The Morgan fingerprint density at radius 1 is 1.80 bits per heavy atom. The quantitative estimate of drug-likeness (QED) is 0.661. The van der Waals surface area contributed by atoms with Crippen LogP contribution in [0.2, 0.25) is 0 Å². The predicted octanol–water partition coefficient (Wildman–Crippen LogP) is 1.32. The number of rotatable bonds is 1. The molecule has 50 valence electrons. The van der Waals surface area contributed by atoms with Crippen LogP contribution in [0, 0.1) is 11.3 Å². The van der Waals surface area contributed by atoms with E-state index in [0.717, 1.165) is 11.3 Å². The highest BCUT2D eigenvalue weighted by Gasteiger charge is 2.04. The van der Waals surface area contributed by atoms with E-state index in [1.54, 1.807) is 0 Å². The van der Waals surface area contributed by atoms with Gasteiger partial charge in [-0.25, -0.2) is 4.79 Å². The van der Waals surface area contributed by atoms with Crippen LogP contribution in [0.5, 0.6) is 0 Å². The molecule has 0 amide bonds. The second-order valence-electron chi connectivity index (χ2n) is 1.62. The number of carboxylic acid groups (broad SMARTS) is 1. The summed E-state index contributed by atoms with van der Waals surface area (Å²) in [4.78, 5) is 10.7. The van der Waals surface area contributed by atoms with E-state index < -0.39 is 5.97 Å². The second-order valence-corrected chi connectivity index (χ2v) is 2.53. The molecule has 0 saturated heterocycles. The van der Waals surface area contributed by atoms with Crippen LogP contribution in [0.15, 0.2) is 11.4 Å². The lowest BCUT2D eigenvalue weighted by Crippen LogP contribution is -1.91. The number of nitriles is 1. The van der Waals surface area contributed by atoms with Gasteiger partial charge in [-0.2, -0.15) is 5.26 Å². The normalized spacial score (nSPS) is 8.70. The molecule has 0 radical (unpaired) electrons. The molecule has 0 spiro atoms. The van der Waals surface area contributed by atoms with Crippen LogP contribution in [0.25, 0.3) is 0 Å². The van der Waals surface area contributed by atoms with Gasteiger partial charge in [-0.05, 0) is 6.07 Å². The van der Waals surface area contributed by atoms with Gasteiger partial charge in [0, 0.05) is 5.38 Å². The summed E-state index contributed by atoms with van der Waals surface area (Å²) in [5.74, 6) is -0.988. The van der Waals surface area contributed by atoms with E-state index in [1.807, 2.05) is 6.07 Å². The van der Waals surface area contributed by atoms with Crippen molar-refractivity contribution in [1.82, 2.24) is 0 Å². The molecule has 0 aliphatic carbocycles. The molecule has 1 heterocycles. The number of carboxylic acids is 1. The summed E-state index contributed by atoms with van der Waals surface area (Å²) >= 11 is 1.14. The van der Waals surface area contributed by atoms with E-state index in [-0.39, 0.29) is 5.56 Å². The van der Waals surface area contributed by atoms with Crippen molar-refractivity contribution in [1.29, 1.82) is 5.26 Å². The molecule has 0 unspecified atom stereocenters. The molecular formula is C6H3NO2S. The smallest absolute Gasteiger partial charge is 0.336 e. The van der Waals surface area contributed by atoms with Gasteiger partial charge in [-0.1, -0.05) is 0 Å². The van der Waals surface area contributed by atoms with Crippen molar-refractivity contribution < 1.29 is 9.90 Å². The zero-order chi connectivity index (χ0) is 7.56. The fourth-order valence-corrected chi connectivity index (χ4v) is 1.18. The minimum Gasteiger partial charge on any atom is -0.478 e. The molecule has 0 saturated carbocycles. The van der Waals surface area contributed by atoms with E-state index in [0.29, 0.717) is 4.88 Å². The van der Waals surface area contributed by atoms with Gasteiger partial charge in [0.05, 0.1) is 5.56 Å². The minimum atomic E-state index is -0.988. The number of hydrogen-bond donors (Lipinski definition) is 1. The Morgan fingerprint density at radius 3 is 2.80 bits per heavy atom. The van der Waals surface area contributed by atoms with Crippen LogP contribution in [-0.2, 0) is 0 Å². The molecule has 10 heavy (non-hydrogen) atoms. The third-order valence-corrected chi connectivity index (χ3v) is 1.79. The van der Waals surface area contributed by atoms with Crippen molar-refractivity contribution in [2.24, 2.45) is 0 Å². The van der Waals surface area contributed by atoms with Crippen LogP contribution in [0.1, 0.15) is 15.2 Å². The Hall–Kier alpha value is -1.34. The summed E-state index contributed by atoms with van der Waals surface area (Å²) in [6.07, 6.45) is 0. The van der Waals surface area contributed by atoms with Crippen molar-refractivity contribution in [2.75, 3.05) is 0 Å². The first-order valence-corrected chi connectivity index (χ1v) is 3.34. The molecule has 1 aromatic rings. The topological polar surface area (TPSA) is 61.1 Å². The Morgan fingerprint density at radius 2 is 2.50 bits per heavy atom. The third-order valence-electron chi connectivity index (χ3n) is 0.957. The number of hydrogen-bond acceptors (Lipinski definition) is 3. The summed E-state index contributed by atoms with van der Waals surface area (Å²) in [6.45, 7) is 0. The van der Waals surface area contributed by atoms with Crippen molar-refractivity contribution in [2.45, 2.75) is 0 Å². The molecule has 4 heteroatoms. The average Bonchev–Trinajstić information content (AvgIpc) is 2.34. The molecule has 0 bridgehead atoms. The summed E-state index contributed by atoms with van der Waals surface area (Å²) < 4.78 is 0. The molecule has 1 rings (SSSR count). The predicted molar refractivity (Wildman–Crippen MR) is 36.0 cm³/mol. The lowest BCUT2D eigenvalue weighted by atomic mass is 10.3. The highest BCUT2D eigenvalue weighted by atomic mass is 32.1. The first kappa shape index (κ1) is 6.78. The molecule has 3 nitrogen and oxygen atoms in total. The zero-order valence-corrected chi connectivity index (χ0v) is 5.68. The largest absolute Gasteiger partial charge is 0.478 e. The van der Waals surface area contributed by atoms with Gasteiger partial charge >= 0.3 is 5.97 Å². The molecule has 0 atom stereocenters. The standard InChI is InChI=1S/C6H3NO2S/c7-2-5-1-4(3-10-5)6(8)9/h1,3H,(H,8,9). The van der Waals surface area contributed by atoms with Crippen molar-refractivity contribution in [3.63, 3.8) is 0 Å². The summed E-state index contributed by atoms with van der Waals surface area (Å²) in [5.41, 5.74) is 0.182. The molecule has 1 aromatic heterocycles. The molecular weight excluding hydrogens is 150 g/mol. The van der Waals surface area contributed by atoms with Gasteiger partial charge in [-0.15, -0.1) is 11.3 Å². The van der Waals surface area contributed by atoms with Crippen LogP contribution in [0.3, 0.4) is 0 Å². The Bertz CT molecular complexity index is 297. The van der Waals surface area contributed by atoms with E-state index in [1.165, 1.54) is 11.4 Å². The van der Waals surface area contributed by atoms with Gasteiger partial charge in [0.25, 0.3) is 0 Å². The van der Waals surface area contributed by atoms with E-state index in [9.17, 15) is 4.79 Å². The van der Waals surface area contributed by atoms with Crippen LogP contribution >= 0.6 is 11.3 Å². The molecule has 1 N–H and O–H groups in total. The van der Waals surface area contributed by atoms with Crippen molar-refractivity contribution in [3.05, 3.63) is 21.9 Å². The van der Waals surface area contributed by atoms with Gasteiger partial charge in [0.2, 0.25) is 0 Å². The van der Waals surface area contributed by atoms with Gasteiger partial charge in [-0.3, -0.25) is 0 Å². The maximum atomic E-state index is 10.2. The highest BCUT2D eigenvalue weighted by Crippen LogP contribution is 2.12. The maximum Gasteiger partial charge on any atom is 0.336 e. The second kappa shape index (κ2) is 2.50. The van der Waals surface area contributed by atoms with Gasteiger partial charge < -0.3 is 5.11 Å². The van der Waals surface area contributed by atoms with Gasteiger partial charge in [0.15, 0.2) is 0 Å². The van der Waals surface area contributed by atoms with Crippen molar-refractivity contribution >= 4 is 17.3 Å². The maximum absolute atomic E-state index is 10.2. The third kappa shape index (κ3) is 1.14. The molecule has 0 aliphatic heterocycles. The number of thiophene rings is 1. The highest BCUT2D eigenvalue weighted by molar-refractivity contribution is 7.10. The fourth-order valence-electron chi connectivity index (χ4n) is 0.507. The van der Waals surface area contributed by atoms with Crippen LogP contribution in [0.4, 0.5) is 0 Å². The zero-order valence-electron chi connectivity index (χ0n) is 4.87. The van der Waals surface area contributed by atoms with E-state index >= 15 is 0 Å². The number of carbonyl (C=O) groups is 1. The first-order valence-electron chi connectivity index (χ1n) is 2.46. The SMILES string of the molecule is N#Cc1cc(C(=O)O)cs1. The molecule has 0 aromatic carbocycles. The summed E-state index contributed by atoms with van der Waals surface area (Å²) in [7, 11) is 0. The minimum absolute atomic E-state index is 0.182. The monoisotopic (exact) mass is 153 g/mol. The van der Waals surface area contributed by atoms with Crippen LogP contribution < -0.4 is 0 Å². The number of nitrogens with zero attached hydrogens (tertiary/aromatic N) is 1. The fraction of sp³-hybridized carbons (Fsp3) is 0. The Balaban J connectivity index is 3.02. The molecule has 0 aliphatic rings. The Kier molecular flexibility index (Phi) is 1.69. The number of aromatic carboxylic acids is 1. The first-order chi connectivity index (χ1) is 4.74. The van der Waals surface area contributed by atoms with E-state index in [2.05, 4.69) is 0 Å². The molecule has 0 fully saturated rings. The Labute approximate surface area is 61.1 Å². The van der Waals surface area contributed by atoms with Gasteiger partial charge in [0.1, 0.15) is 10.9 Å². The van der Waals surface area contributed by atoms with Crippen molar-refractivity contribution in [3.8, 4) is 6.07 Å². The lowest BCUT2D eigenvalue weighted by molar-refractivity contribution is 0.0697. The van der Waals surface area contributed by atoms with E-state index in [4.69, 9.17) is 10.4 Å². The van der Waals surface area contributed by atoms with Crippen LogP contribution in [-0.4, -0.2) is 11.1 Å². The summed E-state index contributed by atoms with van der Waals surface area (Å²) in [5, 5.41) is 18.1.